The van der Waals surface area contributed by atoms with Crippen LogP contribution in [-0.4, -0.2) is 40.9 Å². The van der Waals surface area contributed by atoms with E-state index in [-0.39, 0.29) is 6.61 Å². The van der Waals surface area contributed by atoms with Crippen LogP contribution in [0.3, 0.4) is 0 Å². The Labute approximate surface area is 152 Å². The summed E-state index contributed by atoms with van der Waals surface area (Å²) in [6, 6.07) is 17.9. The molecule has 6 nitrogen and oxygen atoms in total. The minimum Gasteiger partial charge on any atom is -0.454 e. The number of piperidine rings is 1. The average Bonchev–Trinajstić information content (AvgIpc) is 2.69. The highest BCUT2D eigenvalue weighted by Crippen LogP contribution is 2.21. The zero-order chi connectivity index (χ0) is 18.4. The zero-order valence-corrected chi connectivity index (χ0v) is 14.3. The van der Waals surface area contributed by atoms with Crippen LogP contribution in [0, 0.1) is 0 Å². The molecule has 1 fully saturated rings. The first kappa shape index (κ1) is 17.9. The lowest BCUT2D eigenvalue weighted by atomic mass is 10.1. The molecular formula is C20H21NO5. The lowest BCUT2D eigenvalue weighted by molar-refractivity contribution is -0.105. The molecule has 2 aromatic carbocycles. The summed E-state index contributed by atoms with van der Waals surface area (Å²) in [5.74, 6) is -0.519. The van der Waals surface area contributed by atoms with Gasteiger partial charge in [0.25, 0.3) is 0 Å². The Morgan fingerprint density at radius 2 is 1.69 bits per heavy atom. The number of nitrogens with zero attached hydrogens (tertiary/aromatic N) is 1. The van der Waals surface area contributed by atoms with Gasteiger partial charge < -0.3 is 14.6 Å². The molecule has 1 amide bonds. The lowest BCUT2D eigenvalue weighted by Crippen LogP contribution is -2.52. The maximum atomic E-state index is 12.3. The molecule has 3 rings (SSSR count). The number of carbonyl (C=O) groups excluding carboxylic acids is 2. The first-order chi connectivity index (χ1) is 12.6. The third-order valence-corrected chi connectivity index (χ3v) is 4.25. The molecule has 1 heterocycles. The van der Waals surface area contributed by atoms with Gasteiger partial charge in [-0.1, -0.05) is 48.5 Å². The van der Waals surface area contributed by atoms with E-state index in [2.05, 4.69) is 0 Å². The molecule has 26 heavy (non-hydrogen) atoms. The predicted molar refractivity (Wildman–Crippen MR) is 94.2 cm³/mol. The summed E-state index contributed by atoms with van der Waals surface area (Å²) in [4.78, 5) is 25.7. The van der Waals surface area contributed by atoms with E-state index < -0.39 is 24.4 Å². The van der Waals surface area contributed by atoms with Gasteiger partial charge in [-0.15, -0.1) is 0 Å². The van der Waals surface area contributed by atoms with Gasteiger partial charge in [-0.25, -0.2) is 9.59 Å². The lowest BCUT2D eigenvalue weighted by Gasteiger charge is -2.36. The minimum atomic E-state index is -1.22. The van der Waals surface area contributed by atoms with Crippen molar-refractivity contribution in [2.45, 2.75) is 31.8 Å². The Bertz CT molecular complexity index is 734. The third kappa shape index (κ3) is 4.40. The molecule has 2 atom stereocenters. The summed E-state index contributed by atoms with van der Waals surface area (Å²) < 4.78 is 10.7. The molecular weight excluding hydrogens is 334 g/mol. The Hall–Kier alpha value is -2.86. The first-order valence-corrected chi connectivity index (χ1v) is 8.56. The normalized spacial score (nSPS) is 19.7. The Kier molecular flexibility index (Phi) is 5.86. The molecule has 2 aromatic rings. The van der Waals surface area contributed by atoms with Crippen LogP contribution >= 0.6 is 0 Å². The molecule has 1 N–H and O–H groups in total. The van der Waals surface area contributed by atoms with E-state index in [0.29, 0.717) is 24.9 Å². The van der Waals surface area contributed by atoms with Gasteiger partial charge in [0.05, 0.1) is 5.56 Å². The largest absolute Gasteiger partial charge is 0.454 e. The highest BCUT2D eigenvalue weighted by molar-refractivity contribution is 5.89. The quantitative estimate of drug-likeness (QED) is 0.854. The van der Waals surface area contributed by atoms with Gasteiger partial charge in [0.15, 0.2) is 6.23 Å². The third-order valence-electron chi connectivity index (χ3n) is 4.25. The maximum absolute atomic E-state index is 12.3. The molecule has 0 spiro atoms. The smallest absolute Gasteiger partial charge is 0.412 e. The standard InChI is InChI=1S/C20H21NO5/c22-18-17(26-19(23)16-10-5-2-6-11-16)12-7-13-21(18)20(24)25-14-15-8-3-1-4-9-15/h1-6,8-11,17-18,22H,7,12-14H2/t17-,18+/m1/s1. The molecule has 1 aliphatic heterocycles. The Morgan fingerprint density at radius 3 is 2.38 bits per heavy atom. The van der Waals surface area contributed by atoms with Crippen LogP contribution in [0.15, 0.2) is 60.7 Å². The number of benzene rings is 2. The second-order valence-corrected chi connectivity index (χ2v) is 6.10. The summed E-state index contributed by atoms with van der Waals surface area (Å²) in [5, 5.41) is 10.4. The summed E-state index contributed by atoms with van der Waals surface area (Å²) in [6.45, 7) is 0.478. The van der Waals surface area contributed by atoms with Crippen LogP contribution < -0.4 is 0 Å². The van der Waals surface area contributed by atoms with Crippen LogP contribution in [0.4, 0.5) is 4.79 Å². The number of ether oxygens (including phenoxy) is 2. The summed E-state index contributed by atoms with van der Waals surface area (Å²) in [5.41, 5.74) is 1.27. The number of amides is 1. The van der Waals surface area contributed by atoms with E-state index in [4.69, 9.17) is 9.47 Å². The van der Waals surface area contributed by atoms with Gasteiger partial charge in [0.1, 0.15) is 12.7 Å². The van der Waals surface area contributed by atoms with Crippen LogP contribution in [-0.2, 0) is 16.1 Å². The number of carbonyl (C=O) groups is 2. The number of aliphatic hydroxyl groups is 1. The fourth-order valence-electron chi connectivity index (χ4n) is 2.85. The van der Waals surface area contributed by atoms with Crippen molar-refractivity contribution in [3.8, 4) is 0 Å². The van der Waals surface area contributed by atoms with Crippen molar-refractivity contribution < 1.29 is 24.2 Å². The van der Waals surface area contributed by atoms with E-state index in [1.165, 1.54) is 4.90 Å². The second-order valence-electron chi connectivity index (χ2n) is 6.10. The van der Waals surface area contributed by atoms with Crippen LogP contribution in [0.1, 0.15) is 28.8 Å². The number of esters is 1. The van der Waals surface area contributed by atoms with Crippen LogP contribution in [0.5, 0.6) is 0 Å². The average molecular weight is 355 g/mol. The SMILES string of the molecule is O=C(O[C@@H]1CCCN(C(=O)OCc2ccccc2)[C@H]1O)c1ccccc1. The van der Waals surface area contributed by atoms with E-state index in [1.54, 1.807) is 30.3 Å². The minimum absolute atomic E-state index is 0.122. The van der Waals surface area contributed by atoms with Gasteiger partial charge in [0.2, 0.25) is 0 Å². The topological polar surface area (TPSA) is 76.1 Å². The highest BCUT2D eigenvalue weighted by Gasteiger charge is 2.36. The number of hydrogen-bond acceptors (Lipinski definition) is 5. The number of rotatable bonds is 4. The molecule has 0 aliphatic carbocycles. The van der Waals surface area contributed by atoms with Crippen molar-refractivity contribution in [1.29, 1.82) is 0 Å². The Morgan fingerprint density at radius 1 is 1.04 bits per heavy atom. The molecule has 1 aliphatic rings. The second kappa shape index (κ2) is 8.49. The number of aliphatic hydroxyl groups excluding tert-OH is 1. The summed E-state index contributed by atoms with van der Waals surface area (Å²) in [6.07, 6.45) is -1.52. The molecule has 0 radical (unpaired) electrons. The van der Waals surface area contributed by atoms with E-state index in [0.717, 1.165) is 5.56 Å². The fourth-order valence-corrected chi connectivity index (χ4v) is 2.85. The van der Waals surface area contributed by atoms with Crippen molar-refractivity contribution in [2.24, 2.45) is 0 Å². The van der Waals surface area contributed by atoms with E-state index in [1.807, 2.05) is 30.3 Å². The van der Waals surface area contributed by atoms with Crippen molar-refractivity contribution in [3.05, 3.63) is 71.8 Å². The van der Waals surface area contributed by atoms with Crippen LogP contribution in [0.2, 0.25) is 0 Å². The molecule has 1 saturated heterocycles. The Balaban J connectivity index is 1.57. The monoisotopic (exact) mass is 355 g/mol. The van der Waals surface area contributed by atoms with Crippen LogP contribution in [0.25, 0.3) is 0 Å². The fraction of sp³-hybridized carbons (Fsp3) is 0.300. The van der Waals surface area contributed by atoms with Gasteiger partial charge in [-0.3, -0.25) is 4.90 Å². The van der Waals surface area contributed by atoms with E-state index >= 15 is 0 Å². The molecule has 0 unspecified atom stereocenters. The van der Waals surface area contributed by atoms with Crippen molar-refractivity contribution in [1.82, 2.24) is 4.90 Å². The molecule has 6 heteroatoms. The molecule has 136 valence electrons. The number of hydrogen-bond donors (Lipinski definition) is 1. The van der Waals surface area contributed by atoms with Gasteiger partial charge in [0, 0.05) is 6.54 Å². The van der Waals surface area contributed by atoms with Gasteiger partial charge in [-0.2, -0.15) is 0 Å². The molecule has 0 bridgehead atoms. The van der Waals surface area contributed by atoms with Crippen molar-refractivity contribution in [2.75, 3.05) is 6.54 Å². The molecule has 0 saturated carbocycles. The van der Waals surface area contributed by atoms with Gasteiger partial charge >= 0.3 is 12.1 Å². The van der Waals surface area contributed by atoms with E-state index in [9.17, 15) is 14.7 Å². The number of likely N-dealkylation sites (tertiary alicyclic amines) is 1. The maximum Gasteiger partial charge on any atom is 0.412 e. The van der Waals surface area contributed by atoms with Gasteiger partial charge in [-0.05, 0) is 30.5 Å². The molecule has 0 aromatic heterocycles. The zero-order valence-electron chi connectivity index (χ0n) is 14.3. The van der Waals surface area contributed by atoms with Crippen molar-refractivity contribution >= 4 is 12.1 Å². The van der Waals surface area contributed by atoms with Crippen molar-refractivity contribution in [3.63, 3.8) is 0 Å². The first-order valence-electron chi connectivity index (χ1n) is 8.56. The summed E-state index contributed by atoms with van der Waals surface area (Å²) >= 11 is 0. The predicted octanol–water partition coefficient (Wildman–Crippen LogP) is 2.96. The highest BCUT2D eigenvalue weighted by atomic mass is 16.6. The summed E-state index contributed by atoms with van der Waals surface area (Å²) in [7, 11) is 0.